The number of thiophene rings is 1. The van der Waals surface area contributed by atoms with Gasteiger partial charge in [-0.25, -0.2) is 0 Å². The average molecular weight is 235 g/mol. The van der Waals surface area contributed by atoms with Crippen molar-refractivity contribution in [2.24, 2.45) is 5.92 Å². The Balaban J connectivity index is 1.80. The van der Waals surface area contributed by atoms with E-state index in [1.807, 2.05) is 11.3 Å². The Morgan fingerprint density at radius 1 is 1.12 bits per heavy atom. The summed E-state index contributed by atoms with van der Waals surface area (Å²) >= 11 is 1.96. The predicted octanol–water partition coefficient (Wildman–Crippen LogP) is 3.91. The van der Waals surface area contributed by atoms with Crippen molar-refractivity contribution in [2.75, 3.05) is 6.54 Å². The molecule has 3 rings (SSSR count). The van der Waals surface area contributed by atoms with Crippen LogP contribution in [0.4, 0.5) is 0 Å². The quantitative estimate of drug-likeness (QED) is 0.728. The normalized spacial score (nSPS) is 27.4. The Morgan fingerprint density at radius 3 is 2.75 bits per heavy atom. The van der Waals surface area contributed by atoms with Gasteiger partial charge in [0, 0.05) is 17.5 Å². The number of hydrogen-bond donors (Lipinski definition) is 1. The third-order valence-corrected chi connectivity index (χ3v) is 5.20. The molecule has 1 aliphatic heterocycles. The lowest BCUT2D eigenvalue weighted by molar-refractivity contribution is 0.317. The fourth-order valence-electron chi connectivity index (χ4n) is 3.35. The van der Waals surface area contributed by atoms with Gasteiger partial charge in [-0.05, 0) is 42.2 Å². The van der Waals surface area contributed by atoms with E-state index in [-0.39, 0.29) is 0 Å². The molecule has 2 aliphatic rings. The number of hydrogen-bond acceptors (Lipinski definition) is 2. The zero-order chi connectivity index (χ0) is 10.8. The van der Waals surface area contributed by atoms with Crippen LogP contribution < -0.4 is 5.32 Å². The molecule has 2 heteroatoms. The SMILES string of the molecule is c1cc2c(s1)CCNC2C1CCCCCC1. The van der Waals surface area contributed by atoms with Gasteiger partial charge in [0.15, 0.2) is 0 Å². The van der Waals surface area contributed by atoms with Gasteiger partial charge < -0.3 is 5.32 Å². The van der Waals surface area contributed by atoms with Crippen molar-refractivity contribution in [2.45, 2.75) is 51.0 Å². The maximum atomic E-state index is 3.77. The largest absolute Gasteiger partial charge is 0.309 e. The molecule has 0 bridgehead atoms. The van der Waals surface area contributed by atoms with Gasteiger partial charge in [-0.2, -0.15) is 0 Å². The van der Waals surface area contributed by atoms with E-state index in [4.69, 9.17) is 0 Å². The van der Waals surface area contributed by atoms with E-state index < -0.39 is 0 Å². The second-order valence-electron chi connectivity index (χ2n) is 5.23. The second-order valence-corrected chi connectivity index (χ2v) is 6.23. The molecular weight excluding hydrogens is 214 g/mol. The van der Waals surface area contributed by atoms with Crippen molar-refractivity contribution in [3.05, 3.63) is 21.9 Å². The molecule has 1 nitrogen and oxygen atoms in total. The van der Waals surface area contributed by atoms with Gasteiger partial charge in [0.05, 0.1) is 0 Å². The molecule has 1 saturated carbocycles. The lowest BCUT2D eigenvalue weighted by Crippen LogP contribution is -2.33. The van der Waals surface area contributed by atoms with Crippen molar-refractivity contribution >= 4 is 11.3 Å². The van der Waals surface area contributed by atoms with Crippen LogP contribution in [0, 0.1) is 5.92 Å². The van der Waals surface area contributed by atoms with Crippen LogP contribution in [0.1, 0.15) is 55.0 Å². The third-order valence-electron chi connectivity index (χ3n) is 4.20. The van der Waals surface area contributed by atoms with Gasteiger partial charge >= 0.3 is 0 Å². The van der Waals surface area contributed by atoms with Crippen LogP contribution in [0.5, 0.6) is 0 Å². The summed E-state index contributed by atoms with van der Waals surface area (Å²) in [5, 5.41) is 6.04. The average Bonchev–Trinajstić information content (AvgIpc) is 2.63. The molecule has 1 atom stereocenters. The highest BCUT2D eigenvalue weighted by molar-refractivity contribution is 7.10. The van der Waals surface area contributed by atoms with Crippen LogP contribution in [0.2, 0.25) is 0 Å². The highest BCUT2D eigenvalue weighted by Crippen LogP contribution is 2.38. The van der Waals surface area contributed by atoms with Gasteiger partial charge in [0.25, 0.3) is 0 Å². The van der Waals surface area contributed by atoms with Crippen molar-refractivity contribution in [3.63, 3.8) is 0 Å². The van der Waals surface area contributed by atoms with Crippen molar-refractivity contribution in [3.8, 4) is 0 Å². The molecule has 1 aromatic heterocycles. The molecule has 1 N–H and O–H groups in total. The third kappa shape index (κ3) is 2.05. The summed E-state index contributed by atoms with van der Waals surface area (Å²) in [5.74, 6) is 0.899. The van der Waals surface area contributed by atoms with Gasteiger partial charge in [-0.15, -0.1) is 11.3 Å². The standard InChI is InChI=1S/C14H21NS/c1-2-4-6-11(5-3-1)14-12-8-10-16-13(12)7-9-15-14/h8,10-11,14-15H,1-7,9H2. The highest BCUT2D eigenvalue weighted by atomic mass is 32.1. The molecule has 0 spiro atoms. The maximum absolute atomic E-state index is 3.77. The summed E-state index contributed by atoms with van der Waals surface area (Å²) in [6, 6.07) is 3.04. The molecule has 1 unspecified atom stereocenters. The Hall–Kier alpha value is -0.340. The van der Waals surface area contributed by atoms with Gasteiger partial charge in [0.2, 0.25) is 0 Å². The van der Waals surface area contributed by atoms with Gasteiger partial charge in [-0.3, -0.25) is 0 Å². The van der Waals surface area contributed by atoms with Crippen LogP contribution in [-0.4, -0.2) is 6.54 Å². The monoisotopic (exact) mass is 235 g/mol. The molecule has 88 valence electrons. The molecule has 1 aliphatic carbocycles. The lowest BCUT2D eigenvalue weighted by Gasteiger charge is -2.31. The lowest BCUT2D eigenvalue weighted by atomic mass is 9.85. The fourth-order valence-corrected chi connectivity index (χ4v) is 4.28. The number of nitrogens with one attached hydrogen (secondary N) is 1. The van der Waals surface area contributed by atoms with Crippen molar-refractivity contribution in [1.82, 2.24) is 5.32 Å². The van der Waals surface area contributed by atoms with Gasteiger partial charge in [0.1, 0.15) is 0 Å². The van der Waals surface area contributed by atoms with E-state index in [2.05, 4.69) is 16.8 Å². The Bertz CT molecular complexity index is 336. The molecule has 0 amide bonds. The predicted molar refractivity (Wildman–Crippen MR) is 70.0 cm³/mol. The Labute approximate surface area is 102 Å². The zero-order valence-electron chi connectivity index (χ0n) is 9.87. The second kappa shape index (κ2) is 4.89. The Morgan fingerprint density at radius 2 is 1.94 bits per heavy atom. The van der Waals surface area contributed by atoms with E-state index in [9.17, 15) is 0 Å². The summed E-state index contributed by atoms with van der Waals surface area (Å²) < 4.78 is 0. The topological polar surface area (TPSA) is 12.0 Å². The molecule has 0 radical (unpaired) electrons. The van der Waals surface area contributed by atoms with E-state index in [1.54, 1.807) is 10.4 Å². The van der Waals surface area contributed by atoms with E-state index in [0.29, 0.717) is 6.04 Å². The van der Waals surface area contributed by atoms with E-state index in [0.717, 1.165) is 5.92 Å². The molecular formula is C14H21NS. The number of fused-ring (bicyclic) bond motifs is 1. The smallest absolute Gasteiger partial charge is 0.0359 e. The first-order chi connectivity index (χ1) is 7.95. The summed E-state index contributed by atoms with van der Waals surface area (Å²) in [4.78, 5) is 1.65. The minimum atomic E-state index is 0.674. The minimum absolute atomic E-state index is 0.674. The maximum Gasteiger partial charge on any atom is 0.0359 e. The molecule has 0 aromatic carbocycles. The minimum Gasteiger partial charge on any atom is -0.309 e. The van der Waals surface area contributed by atoms with Crippen LogP contribution >= 0.6 is 11.3 Å². The zero-order valence-corrected chi connectivity index (χ0v) is 10.7. The molecule has 1 fully saturated rings. The number of rotatable bonds is 1. The fraction of sp³-hybridized carbons (Fsp3) is 0.714. The summed E-state index contributed by atoms with van der Waals surface area (Å²) in [5.41, 5.74) is 1.63. The van der Waals surface area contributed by atoms with E-state index >= 15 is 0 Å². The summed E-state index contributed by atoms with van der Waals surface area (Å²) in [7, 11) is 0. The van der Waals surface area contributed by atoms with E-state index in [1.165, 1.54) is 51.5 Å². The Kier molecular flexibility index (Phi) is 3.30. The highest BCUT2D eigenvalue weighted by Gasteiger charge is 2.28. The van der Waals surface area contributed by atoms with Crippen LogP contribution in [0.15, 0.2) is 11.4 Å². The summed E-state index contributed by atoms with van der Waals surface area (Å²) in [6.07, 6.45) is 9.93. The van der Waals surface area contributed by atoms with Crippen molar-refractivity contribution in [1.29, 1.82) is 0 Å². The first-order valence-corrected chi connectivity index (χ1v) is 7.63. The van der Waals surface area contributed by atoms with Crippen LogP contribution in [0.25, 0.3) is 0 Å². The molecule has 1 aromatic rings. The molecule has 16 heavy (non-hydrogen) atoms. The first kappa shape index (κ1) is 10.8. The van der Waals surface area contributed by atoms with Crippen LogP contribution in [-0.2, 0) is 6.42 Å². The van der Waals surface area contributed by atoms with Crippen LogP contribution in [0.3, 0.4) is 0 Å². The van der Waals surface area contributed by atoms with Crippen molar-refractivity contribution < 1.29 is 0 Å². The molecule has 2 heterocycles. The summed E-state index contributed by atoms with van der Waals surface area (Å²) in [6.45, 7) is 1.19. The first-order valence-electron chi connectivity index (χ1n) is 6.75. The molecule has 0 saturated heterocycles. The van der Waals surface area contributed by atoms with Gasteiger partial charge in [-0.1, -0.05) is 25.7 Å².